The van der Waals surface area contributed by atoms with Gasteiger partial charge in [0.1, 0.15) is 5.75 Å². The van der Waals surface area contributed by atoms with E-state index in [0.717, 1.165) is 5.56 Å². The lowest BCUT2D eigenvalue weighted by molar-refractivity contribution is -0.384. The van der Waals surface area contributed by atoms with Gasteiger partial charge in [-0.2, -0.15) is 0 Å². The number of hydrogen-bond donors (Lipinski definition) is 1. The monoisotopic (exact) mass is 340 g/mol. The molecule has 2 aromatic rings. The highest BCUT2D eigenvalue weighted by Gasteiger charge is 2.14. The molecule has 2 rings (SSSR count). The Labute approximate surface area is 144 Å². The molecule has 0 heterocycles. The molecule has 1 amide bonds. The van der Waals surface area contributed by atoms with Crippen LogP contribution in [-0.2, 0) is 11.3 Å². The first-order chi connectivity index (χ1) is 11.9. The van der Waals surface area contributed by atoms with E-state index >= 15 is 0 Å². The van der Waals surface area contributed by atoms with Crippen LogP contribution in [0.25, 0.3) is 0 Å². The van der Waals surface area contributed by atoms with Crippen LogP contribution in [0.4, 0.5) is 5.69 Å². The standard InChI is InChI=1S/C18H16N2O5/c1-3-17(21)19-11-13-5-7-14(8-6-13)18(22)25-16-10-15(20(23)24)9-4-12(16)2/h3-10H,1,11H2,2H3,(H,19,21). The Hall–Kier alpha value is -3.48. The fraction of sp³-hybridized carbons (Fsp3) is 0.111. The summed E-state index contributed by atoms with van der Waals surface area (Å²) in [6, 6.07) is 10.6. The van der Waals surface area contributed by atoms with Gasteiger partial charge >= 0.3 is 5.97 Å². The summed E-state index contributed by atoms with van der Waals surface area (Å²) in [5.41, 5.74) is 1.56. The van der Waals surface area contributed by atoms with E-state index in [1.165, 1.54) is 24.3 Å². The lowest BCUT2D eigenvalue weighted by atomic mass is 10.1. The number of rotatable bonds is 6. The molecule has 7 nitrogen and oxygen atoms in total. The zero-order chi connectivity index (χ0) is 18.4. The molecule has 7 heteroatoms. The van der Waals surface area contributed by atoms with E-state index in [-0.39, 0.29) is 17.3 Å². The minimum atomic E-state index is -0.620. The number of carbonyl (C=O) groups excluding carboxylic acids is 2. The largest absolute Gasteiger partial charge is 0.422 e. The van der Waals surface area contributed by atoms with Gasteiger partial charge in [0.15, 0.2) is 0 Å². The van der Waals surface area contributed by atoms with Crippen molar-refractivity contribution >= 4 is 17.6 Å². The van der Waals surface area contributed by atoms with Crippen molar-refractivity contribution in [1.29, 1.82) is 0 Å². The molecule has 0 saturated carbocycles. The smallest absolute Gasteiger partial charge is 0.343 e. The summed E-state index contributed by atoms with van der Waals surface area (Å²) in [5, 5.41) is 13.4. The molecular weight excluding hydrogens is 324 g/mol. The Balaban J connectivity index is 2.08. The highest BCUT2D eigenvalue weighted by Crippen LogP contribution is 2.25. The minimum absolute atomic E-state index is 0.140. The number of ether oxygens (including phenoxy) is 1. The summed E-state index contributed by atoms with van der Waals surface area (Å²) in [6.45, 7) is 5.36. The minimum Gasteiger partial charge on any atom is -0.422 e. The van der Waals surface area contributed by atoms with Crippen molar-refractivity contribution < 1.29 is 19.2 Å². The predicted octanol–water partition coefficient (Wildman–Crippen LogP) is 2.92. The van der Waals surface area contributed by atoms with E-state index in [2.05, 4.69) is 11.9 Å². The average Bonchev–Trinajstić information content (AvgIpc) is 2.61. The molecule has 25 heavy (non-hydrogen) atoms. The highest BCUT2D eigenvalue weighted by molar-refractivity contribution is 5.91. The van der Waals surface area contributed by atoms with E-state index in [1.54, 1.807) is 31.2 Å². The topological polar surface area (TPSA) is 98.5 Å². The second-order valence-corrected chi connectivity index (χ2v) is 5.22. The first-order valence-electron chi connectivity index (χ1n) is 7.37. The number of carbonyl (C=O) groups is 2. The molecule has 128 valence electrons. The molecule has 2 aromatic carbocycles. The Morgan fingerprint density at radius 3 is 2.52 bits per heavy atom. The van der Waals surface area contributed by atoms with Crippen LogP contribution >= 0.6 is 0 Å². The predicted molar refractivity (Wildman–Crippen MR) is 91.3 cm³/mol. The molecule has 0 radical (unpaired) electrons. The fourth-order valence-electron chi connectivity index (χ4n) is 1.99. The molecule has 0 atom stereocenters. The van der Waals surface area contributed by atoms with Crippen molar-refractivity contribution in [3.63, 3.8) is 0 Å². The summed E-state index contributed by atoms with van der Waals surface area (Å²) >= 11 is 0. The quantitative estimate of drug-likeness (QED) is 0.287. The van der Waals surface area contributed by atoms with Crippen LogP contribution < -0.4 is 10.1 Å². The van der Waals surface area contributed by atoms with Crippen molar-refractivity contribution in [3.8, 4) is 5.75 Å². The van der Waals surface area contributed by atoms with E-state index < -0.39 is 10.9 Å². The van der Waals surface area contributed by atoms with Gasteiger partial charge in [0.2, 0.25) is 5.91 Å². The fourth-order valence-corrected chi connectivity index (χ4v) is 1.99. The summed E-state index contributed by atoms with van der Waals surface area (Å²) in [5.74, 6) is -0.767. The molecule has 0 spiro atoms. The SMILES string of the molecule is C=CC(=O)NCc1ccc(C(=O)Oc2cc([N+](=O)[O-])ccc2C)cc1. The van der Waals surface area contributed by atoms with Crippen LogP contribution in [0.1, 0.15) is 21.5 Å². The molecular formula is C18H16N2O5. The molecule has 0 aliphatic carbocycles. The third-order valence-corrected chi connectivity index (χ3v) is 3.43. The van der Waals surface area contributed by atoms with Crippen LogP contribution in [0.3, 0.4) is 0 Å². The number of non-ortho nitro benzene ring substituents is 1. The number of nitro groups is 1. The van der Waals surface area contributed by atoms with E-state index in [9.17, 15) is 19.7 Å². The Kier molecular flexibility index (Phi) is 5.62. The molecule has 0 bridgehead atoms. The lowest BCUT2D eigenvalue weighted by Crippen LogP contribution is -2.20. The molecule has 0 aromatic heterocycles. The van der Waals surface area contributed by atoms with Gasteiger partial charge in [0, 0.05) is 12.6 Å². The Bertz CT molecular complexity index is 828. The molecule has 0 fully saturated rings. The summed E-state index contributed by atoms with van der Waals surface area (Å²) in [7, 11) is 0. The highest BCUT2D eigenvalue weighted by atomic mass is 16.6. The normalized spacial score (nSPS) is 9.96. The van der Waals surface area contributed by atoms with Gasteiger partial charge in [-0.15, -0.1) is 0 Å². The summed E-state index contributed by atoms with van der Waals surface area (Å²) in [4.78, 5) is 33.6. The maximum atomic E-state index is 12.2. The van der Waals surface area contributed by atoms with Gasteiger partial charge in [-0.3, -0.25) is 14.9 Å². The van der Waals surface area contributed by atoms with E-state index in [4.69, 9.17) is 4.74 Å². The van der Waals surface area contributed by atoms with Crippen LogP contribution in [0.2, 0.25) is 0 Å². The van der Waals surface area contributed by atoms with Gasteiger partial charge < -0.3 is 10.1 Å². The number of nitrogens with zero attached hydrogens (tertiary/aromatic N) is 1. The molecule has 0 saturated heterocycles. The number of nitro benzene ring substituents is 1. The van der Waals surface area contributed by atoms with Gasteiger partial charge in [-0.05, 0) is 42.3 Å². The zero-order valence-corrected chi connectivity index (χ0v) is 13.5. The third-order valence-electron chi connectivity index (χ3n) is 3.43. The second kappa shape index (κ2) is 7.87. The number of esters is 1. The van der Waals surface area contributed by atoms with E-state index in [1.807, 2.05) is 0 Å². The first-order valence-corrected chi connectivity index (χ1v) is 7.37. The number of hydrogen-bond acceptors (Lipinski definition) is 5. The Morgan fingerprint density at radius 1 is 1.24 bits per heavy atom. The van der Waals surface area contributed by atoms with Crippen LogP contribution in [0, 0.1) is 17.0 Å². The first kappa shape index (κ1) is 17.9. The average molecular weight is 340 g/mol. The third kappa shape index (κ3) is 4.74. The maximum Gasteiger partial charge on any atom is 0.343 e. The van der Waals surface area contributed by atoms with Crippen LogP contribution in [-0.4, -0.2) is 16.8 Å². The van der Waals surface area contributed by atoms with E-state index in [0.29, 0.717) is 17.7 Å². The van der Waals surface area contributed by atoms with Crippen molar-refractivity contribution in [2.24, 2.45) is 0 Å². The number of nitrogens with one attached hydrogen (secondary N) is 1. The van der Waals surface area contributed by atoms with Crippen molar-refractivity contribution in [3.05, 3.63) is 81.9 Å². The van der Waals surface area contributed by atoms with Gasteiger partial charge in [0.25, 0.3) is 5.69 Å². The van der Waals surface area contributed by atoms with Crippen molar-refractivity contribution in [1.82, 2.24) is 5.32 Å². The molecule has 0 aliphatic rings. The van der Waals surface area contributed by atoms with Crippen LogP contribution in [0.5, 0.6) is 5.75 Å². The van der Waals surface area contributed by atoms with Crippen LogP contribution in [0.15, 0.2) is 55.1 Å². The Morgan fingerprint density at radius 2 is 1.92 bits per heavy atom. The number of amides is 1. The number of benzene rings is 2. The summed E-state index contributed by atoms with van der Waals surface area (Å²) in [6.07, 6.45) is 1.17. The molecule has 0 aliphatic heterocycles. The number of aryl methyl sites for hydroxylation is 1. The second-order valence-electron chi connectivity index (χ2n) is 5.22. The van der Waals surface area contributed by atoms with Gasteiger partial charge in [-0.25, -0.2) is 4.79 Å². The van der Waals surface area contributed by atoms with Crippen molar-refractivity contribution in [2.45, 2.75) is 13.5 Å². The zero-order valence-electron chi connectivity index (χ0n) is 13.5. The maximum absolute atomic E-state index is 12.2. The van der Waals surface area contributed by atoms with Crippen molar-refractivity contribution in [2.75, 3.05) is 0 Å². The van der Waals surface area contributed by atoms with Gasteiger partial charge in [0.05, 0.1) is 16.6 Å². The lowest BCUT2D eigenvalue weighted by Gasteiger charge is -2.08. The molecule has 1 N–H and O–H groups in total. The van der Waals surface area contributed by atoms with Gasteiger partial charge in [-0.1, -0.05) is 18.7 Å². The summed E-state index contributed by atoms with van der Waals surface area (Å²) < 4.78 is 5.25. The molecule has 0 unspecified atom stereocenters.